The Morgan fingerprint density at radius 1 is 1.29 bits per heavy atom. The fourth-order valence-electron chi connectivity index (χ4n) is 2.82. The molecule has 1 aliphatic rings. The van der Waals surface area contributed by atoms with Crippen LogP contribution in [0.25, 0.3) is 0 Å². The van der Waals surface area contributed by atoms with E-state index in [0.717, 1.165) is 19.3 Å². The van der Waals surface area contributed by atoms with Crippen molar-refractivity contribution in [3.8, 4) is 0 Å². The van der Waals surface area contributed by atoms with Gasteiger partial charge in [-0.05, 0) is 18.8 Å². The minimum Gasteiger partial charge on any atom is -0.481 e. The van der Waals surface area contributed by atoms with E-state index < -0.39 is 36.4 Å². The molecule has 0 saturated heterocycles. The lowest BCUT2D eigenvalue weighted by Gasteiger charge is -2.29. The number of carboxylic acids is 1. The summed E-state index contributed by atoms with van der Waals surface area (Å²) >= 11 is 0. The van der Waals surface area contributed by atoms with Crippen LogP contribution in [0.15, 0.2) is 0 Å². The summed E-state index contributed by atoms with van der Waals surface area (Å²) in [5.74, 6) is -2.00. The van der Waals surface area contributed by atoms with Crippen LogP contribution in [0.2, 0.25) is 0 Å². The van der Waals surface area contributed by atoms with Crippen LogP contribution in [-0.2, 0) is 23.9 Å². The van der Waals surface area contributed by atoms with Crippen molar-refractivity contribution in [2.24, 2.45) is 11.7 Å². The zero-order chi connectivity index (χ0) is 18.1. The normalized spacial score (nSPS) is 23.1. The second-order valence-electron chi connectivity index (χ2n) is 6.25. The Kier molecular flexibility index (Phi) is 8.70. The molecule has 1 saturated carbocycles. The van der Waals surface area contributed by atoms with Gasteiger partial charge in [-0.25, -0.2) is 4.79 Å². The predicted molar refractivity (Wildman–Crippen MR) is 86.2 cm³/mol. The molecule has 0 aliphatic heterocycles. The number of hydrogen-bond acceptors (Lipinski definition) is 6. The minimum atomic E-state index is -1.21. The maximum absolute atomic E-state index is 11.9. The molecule has 24 heavy (non-hydrogen) atoms. The van der Waals surface area contributed by atoms with Crippen molar-refractivity contribution in [3.63, 3.8) is 0 Å². The minimum absolute atomic E-state index is 0.169. The summed E-state index contributed by atoms with van der Waals surface area (Å²) in [6.45, 7) is 2.46. The van der Waals surface area contributed by atoms with Gasteiger partial charge >= 0.3 is 11.9 Å². The average molecular weight is 344 g/mol. The molecule has 0 radical (unpaired) electrons. The lowest BCUT2D eigenvalue weighted by Crippen LogP contribution is -2.49. The molecule has 4 N–H and O–H groups in total. The molecule has 0 heterocycles. The zero-order valence-electron chi connectivity index (χ0n) is 14.3. The molecule has 1 amide bonds. The summed E-state index contributed by atoms with van der Waals surface area (Å²) in [6, 6.07) is -2.12. The van der Waals surface area contributed by atoms with Crippen molar-refractivity contribution in [2.75, 3.05) is 13.7 Å². The van der Waals surface area contributed by atoms with Crippen molar-refractivity contribution in [1.29, 1.82) is 0 Å². The number of hydrogen-bond donors (Lipinski definition) is 3. The number of carbonyl (C=O) groups is 3. The first-order valence-electron chi connectivity index (χ1n) is 8.32. The van der Waals surface area contributed by atoms with Gasteiger partial charge in [0.1, 0.15) is 6.04 Å². The molecule has 1 fully saturated rings. The zero-order valence-corrected chi connectivity index (χ0v) is 14.3. The molecule has 0 bridgehead atoms. The molecule has 0 aromatic heterocycles. The van der Waals surface area contributed by atoms with Crippen molar-refractivity contribution in [1.82, 2.24) is 5.32 Å². The second kappa shape index (κ2) is 10.2. The Hall–Kier alpha value is -1.67. The molecule has 0 spiro atoms. The lowest BCUT2D eigenvalue weighted by atomic mass is 9.88. The monoisotopic (exact) mass is 344 g/mol. The largest absolute Gasteiger partial charge is 0.481 e. The number of ether oxygens (including phenoxy) is 2. The first kappa shape index (κ1) is 20.4. The van der Waals surface area contributed by atoms with E-state index in [0.29, 0.717) is 12.5 Å². The number of carbonyl (C=O) groups excluding carboxylic acids is 2. The van der Waals surface area contributed by atoms with Gasteiger partial charge in [-0.15, -0.1) is 0 Å². The van der Waals surface area contributed by atoms with Crippen LogP contribution in [-0.4, -0.2) is 54.9 Å². The smallest absolute Gasteiger partial charge is 0.328 e. The molecular formula is C16H28N2O6. The molecular weight excluding hydrogens is 316 g/mol. The van der Waals surface area contributed by atoms with Gasteiger partial charge in [-0.3, -0.25) is 9.59 Å². The quantitative estimate of drug-likeness (QED) is 0.517. The highest BCUT2D eigenvalue weighted by molar-refractivity contribution is 5.89. The molecule has 0 aromatic rings. The van der Waals surface area contributed by atoms with Crippen LogP contribution in [0.4, 0.5) is 0 Å². The van der Waals surface area contributed by atoms with E-state index in [1.807, 2.05) is 0 Å². The van der Waals surface area contributed by atoms with E-state index in [9.17, 15) is 14.4 Å². The molecule has 1 rings (SSSR count). The van der Waals surface area contributed by atoms with Gasteiger partial charge in [-0.2, -0.15) is 0 Å². The lowest BCUT2D eigenvalue weighted by molar-refractivity contribution is -0.146. The van der Waals surface area contributed by atoms with E-state index >= 15 is 0 Å². The van der Waals surface area contributed by atoms with Gasteiger partial charge in [0.25, 0.3) is 0 Å². The van der Waals surface area contributed by atoms with Crippen LogP contribution in [0.3, 0.4) is 0 Å². The van der Waals surface area contributed by atoms with Crippen LogP contribution in [0, 0.1) is 5.92 Å². The van der Waals surface area contributed by atoms with E-state index in [-0.39, 0.29) is 12.5 Å². The van der Waals surface area contributed by atoms with Gasteiger partial charge < -0.3 is 25.6 Å². The Morgan fingerprint density at radius 2 is 1.96 bits per heavy atom. The second-order valence-corrected chi connectivity index (χ2v) is 6.25. The molecule has 8 heteroatoms. The van der Waals surface area contributed by atoms with Crippen LogP contribution >= 0.6 is 0 Å². The standard InChI is InChI=1S/C16H28N2O6/c1-10-5-3-4-6-13(10)24-8-7-12(16(22)23-2)18-15(21)11(17)9-14(19)20/h10-13H,3-9,17H2,1-2H3,(H,18,21)(H,19,20)/t10?,11-,12?,13?/m0/s1. The van der Waals surface area contributed by atoms with E-state index in [1.165, 1.54) is 13.5 Å². The SMILES string of the molecule is COC(=O)C(CCOC1CCCCC1C)NC(=O)[C@@H](N)CC(=O)O. The van der Waals surface area contributed by atoms with Gasteiger partial charge in [0.05, 0.1) is 25.7 Å². The summed E-state index contributed by atoms with van der Waals surface area (Å²) in [5.41, 5.74) is 5.50. The topological polar surface area (TPSA) is 128 Å². The molecule has 138 valence electrons. The summed E-state index contributed by atoms with van der Waals surface area (Å²) in [5, 5.41) is 11.1. The average Bonchev–Trinajstić information content (AvgIpc) is 2.54. The van der Waals surface area contributed by atoms with Crippen LogP contribution in [0.5, 0.6) is 0 Å². The van der Waals surface area contributed by atoms with Crippen LogP contribution in [0.1, 0.15) is 45.4 Å². The van der Waals surface area contributed by atoms with Crippen molar-refractivity contribution in [3.05, 3.63) is 0 Å². The molecule has 3 unspecified atom stereocenters. The fourth-order valence-corrected chi connectivity index (χ4v) is 2.82. The number of methoxy groups -OCH3 is 1. The van der Waals surface area contributed by atoms with Crippen molar-refractivity contribution in [2.45, 2.75) is 63.6 Å². The van der Waals surface area contributed by atoms with Crippen LogP contribution < -0.4 is 11.1 Å². The highest BCUT2D eigenvalue weighted by Crippen LogP contribution is 2.26. The highest BCUT2D eigenvalue weighted by Gasteiger charge is 2.27. The Bertz CT molecular complexity index is 442. The van der Waals surface area contributed by atoms with Gasteiger partial charge in [0.15, 0.2) is 0 Å². The van der Waals surface area contributed by atoms with E-state index in [4.69, 9.17) is 15.6 Å². The molecule has 1 aliphatic carbocycles. The third-order valence-electron chi connectivity index (χ3n) is 4.30. The number of nitrogens with two attached hydrogens (primary N) is 1. The number of esters is 1. The third-order valence-corrected chi connectivity index (χ3v) is 4.30. The van der Waals surface area contributed by atoms with E-state index in [1.54, 1.807) is 0 Å². The Labute approximate surface area is 142 Å². The van der Waals surface area contributed by atoms with Crippen molar-refractivity contribution < 1.29 is 29.0 Å². The number of rotatable bonds is 9. The predicted octanol–water partition coefficient (Wildman–Crippen LogP) is 0.432. The fraction of sp³-hybridized carbons (Fsp3) is 0.812. The summed E-state index contributed by atoms with van der Waals surface area (Å²) in [6.07, 6.45) is 4.39. The highest BCUT2D eigenvalue weighted by atomic mass is 16.5. The Morgan fingerprint density at radius 3 is 2.54 bits per heavy atom. The maximum Gasteiger partial charge on any atom is 0.328 e. The number of nitrogens with one attached hydrogen (secondary N) is 1. The number of amides is 1. The van der Waals surface area contributed by atoms with Gasteiger partial charge in [-0.1, -0.05) is 19.8 Å². The first-order valence-corrected chi connectivity index (χ1v) is 8.32. The first-order chi connectivity index (χ1) is 11.3. The number of aliphatic carboxylic acids is 1. The van der Waals surface area contributed by atoms with Crippen molar-refractivity contribution >= 4 is 17.8 Å². The molecule has 4 atom stereocenters. The number of carboxylic acid groups (broad SMARTS) is 1. The maximum atomic E-state index is 11.9. The molecule has 8 nitrogen and oxygen atoms in total. The molecule has 0 aromatic carbocycles. The van der Waals surface area contributed by atoms with Gasteiger partial charge in [0.2, 0.25) is 5.91 Å². The van der Waals surface area contributed by atoms with E-state index in [2.05, 4.69) is 17.0 Å². The summed E-state index contributed by atoms with van der Waals surface area (Å²) in [4.78, 5) is 34.3. The van der Waals surface area contributed by atoms with Gasteiger partial charge in [0, 0.05) is 13.0 Å². The Balaban J connectivity index is 2.48. The summed E-state index contributed by atoms with van der Waals surface area (Å²) < 4.78 is 10.5. The third kappa shape index (κ3) is 6.84. The summed E-state index contributed by atoms with van der Waals surface area (Å²) in [7, 11) is 1.22.